The minimum absolute atomic E-state index is 0. The molecule has 2 aliphatic heterocycles. The van der Waals surface area contributed by atoms with Crippen LogP contribution in [-0.2, 0) is 11.3 Å². The number of pyridine rings is 1. The number of aliphatic imine (C=N–C) groups is 1. The first-order chi connectivity index (χ1) is 15.2. The van der Waals surface area contributed by atoms with Crippen LogP contribution in [0.15, 0.2) is 46.1 Å². The Bertz CT molecular complexity index is 824. The fraction of sp³-hybridized carbons (Fsp3) is 0.565. The lowest BCUT2D eigenvalue weighted by atomic mass is 10.2. The molecule has 0 aromatic carbocycles. The summed E-state index contributed by atoms with van der Waals surface area (Å²) < 4.78 is 11.3. The van der Waals surface area contributed by atoms with Crippen LogP contribution in [0.1, 0.15) is 37.1 Å². The van der Waals surface area contributed by atoms with Gasteiger partial charge in [0.1, 0.15) is 11.6 Å². The summed E-state index contributed by atoms with van der Waals surface area (Å²) in [5.74, 6) is 2.79. The molecule has 0 saturated carbocycles. The highest BCUT2D eigenvalue weighted by Gasteiger charge is 2.25. The van der Waals surface area contributed by atoms with Gasteiger partial charge in [0.05, 0.1) is 25.0 Å². The SMILES string of the molecule is CN=C(NCc1ccc(N2CCOC(C)C2)nc1)NCC(c1ccco1)N1CCCC1.I. The molecule has 0 amide bonds. The second-order valence-electron chi connectivity index (χ2n) is 8.23. The van der Waals surface area contributed by atoms with E-state index in [1.807, 2.05) is 12.3 Å². The molecule has 2 fully saturated rings. The molecule has 4 rings (SSSR count). The third-order valence-electron chi connectivity index (χ3n) is 5.97. The molecule has 2 N–H and O–H groups in total. The zero-order valence-corrected chi connectivity index (χ0v) is 21.3. The van der Waals surface area contributed by atoms with Crippen molar-refractivity contribution in [2.24, 2.45) is 4.99 Å². The van der Waals surface area contributed by atoms with E-state index in [1.54, 1.807) is 13.3 Å². The highest BCUT2D eigenvalue weighted by molar-refractivity contribution is 14.0. The molecule has 0 spiro atoms. The lowest BCUT2D eigenvalue weighted by Gasteiger charge is -2.32. The normalized spacial score (nSPS) is 20.6. The van der Waals surface area contributed by atoms with Crippen LogP contribution in [0, 0.1) is 0 Å². The van der Waals surface area contributed by atoms with Crippen LogP contribution in [0.5, 0.6) is 0 Å². The maximum Gasteiger partial charge on any atom is 0.191 e. The van der Waals surface area contributed by atoms with Crippen molar-refractivity contribution in [2.75, 3.05) is 51.3 Å². The van der Waals surface area contributed by atoms with Crippen LogP contribution in [0.4, 0.5) is 5.82 Å². The Morgan fingerprint density at radius 3 is 2.72 bits per heavy atom. The van der Waals surface area contributed by atoms with Gasteiger partial charge in [-0.2, -0.15) is 0 Å². The van der Waals surface area contributed by atoms with E-state index in [9.17, 15) is 0 Å². The quantitative estimate of drug-likeness (QED) is 0.310. The predicted molar refractivity (Wildman–Crippen MR) is 138 cm³/mol. The van der Waals surface area contributed by atoms with Crippen molar-refractivity contribution in [1.82, 2.24) is 20.5 Å². The zero-order valence-electron chi connectivity index (χ0n) is 19.0. The molecule has 176 valence electrons. The van der Waals surface area contributed by atoms with Gasteiger partial charge in [0.2, 0.25) is 0 Å². The number of halogens is 1. The number of rotatable bonds is 7. The van der Waals surface area contributed by atoms with E-state index < -0.39 is 0 Å². The summed E-state index contributed by atoms with van der Waals surface area (Å²) in [6.45, 7) is 8.27. The van der Waals surface area contributed by atoms with E-state index in [-0.39, 0.29) is 36.1 Å². The van der Waals surface area contributed by atoms with Gasteiger partial charge in [-0.15, -0.1) is 24.0 Å². The molecular weight excluding hydrogens is 519 g/mol. The number of hydrogen-bond donors (Lipinski definition) is 2. The summed E-state index contributed by atoms with van der Waals surface area (Å²) in [5, 5.41) is 6.87. The van der Waals surface area contributed by atoms with Crippen molar-refractivity contribution in [2.45, 2.75) is 38.5 Å². The summed E-state index contributed by atoms with van der Waals surface area (Å²) in [5.41, 5.74) is 1.12. The number of anilines is 1. The van der Waals surface area contributed by atoms with Crippen molar-refractivity contribution in [1.29, 1.82) is 0 Å². The number of guanidine groups is 1. The molecule has 2 aromatic heterocycles. The average molecular weight is 554 g/mol. The molecule has 0 radical (unpaired) electrons. The maximum absolute atomic E-state index is 5.71. The molecule has 2 atom stereocenters. The van der Waals surface area contributed by atoms with Gasteiger partial charge in [0.25, 0.3) is 0 Å². The summed E-state index contributed by atoms with van der Waals surface area (Å²) in [6, 6.07) is 8.45. The number of aromatic nitrogens is 1. The zero-order chi connectivity index (χ0) is 21.5. The van der Waals surface area contributed by atoms with Crippen molar-refractivity contribution in [3.05, 3.63) is 48.0 Å². The number of nitrogens with one attached hydrogen (secondary N) is 2. The molecule has 8 nitrogen and oxygen atoms in total. The maximum atomic E-state index is 5.71. The van der Waals surface area contributed by atoms with Gasteiger partial charge in [-0.25, -0.2) is 4.98 Å². The summed E-state index contributed by atoms with van der Waals surface area (Å²) >= 11 is 0. The first kappa shape index (κ1) is 24.8. The van der Waals surface area contributed by atoms with Crippen LogP contribution >= 0.6 is 24.0 Å². The number of ether oxygens (including phenoxy) is 1. The van der Waals surface area contributed by atoms with Gasteiger partial charge >= 0.3 is 0 Å². The standard InChI is InChI=1S/C23H34N6O2.HI/c1-18-17-29(11-13-30-18)22-8-7-19(14-25-22)15-26-23(24-2)27-16-20(21-6-5-12-31-21)28-9-3-4-10-28;/h5-8,12,14,18,20H,3-4,9-11,13,15-17H2,1-2H3,(H2,24,26,27);1H. The van der Waals surface area contributed by atoms with E-state index in [0.29, 0.717) is 6.54 Å². The Morgan fingerprint density at radius 2 is 2.06 bits per heavy atom. The van der Waals surface area contributed by atoms with Crippen molar-refractivity contribution < 1.29 is 9.15 Å². The fourth-order valence-corrected chi connectivity index (χ4v) is 4.28. The molecule has 2 saturated heterocycles. The van der Waals surface area contributed by atoms with Gasteiger partial charge in [-0.05, 0) is 56.6 Å². The largest absolute Gasteiger partial charge is 0.468 e. The molecule has 9 heteroatoms. The molecule has 0 bridgehead atoms. The molecular formula is C23H35IN6O2. The number of nitrogens with zero attached hydrogens (tertiary/aromatic N) is 4. The summed E-state index contributed by atoms with van der Waals surface area (Å²) in [6.07, 6.45) is 6.43. The van der Waals surface area contributed by atoms with Crippen molar-refractivity contribution in [3.8, 4) is 0 Å². The van der Waals surface area contributed by atoms with Gasteiger partial charge in [-0.3, -0.25) is 9.89 Å². The number of likely N-dealkylation sites (tertiary alicyclic amines) is 1. The summed E-state index contributed by atoms with van der Waals surface area (Å²) in [7, 11) is 1.80. The van der Waals surface area contributed by atoms with Crippen LogP contribution < -0.4 is 15.5 Å². The van der Waals surface area contributed by atoms with E-state index in [0.717, 1.165) is 62.4 Å². The second kappa shape index (κ2) is 12.4. The predicted octanol–water partition coefficient (Wildman–Crippen LogP) is 3.02. The third kappa shape index (κ3) is 6.58. The average Bonchev–Trinajstić information content (AvgIpc) is 3.51. The molecule has 2 aromatic rings. The summed E-state index contributed by atoms with van der Waals surface area (Å²) in [4.78, 5) is 13.8. The molecule has 2 unspecified atom stereocenters. The van der Waals surface area contributed by atoms with Crippen LogP contribution in [0.2, 0.25) is 0 Å². The Balaban J connectivity index is 0.00000289. The number of hydrogen-bond acceptors (Lipinski definition) is 6. The van der Waals surface area contributed by atoms with Gasteiger partial charge in [0.15, 0.2) is 5.96 Å². The minimum atomic E-state index is 0. The fourth-order valence-electron chi connectivity index (χ4n) is 4.28. The van der Waals surface area contributed by atoms with Crippen LogP contribution in [-0.4, -0.2) is 68.3 Å². The number of furan rings is 1. The highest BCUT2D eigenvalue weighted by atomic mass is 127. The first-order valence-corrected chi connectivity index (χ1v) is 11.3. The molecule has 32 heavy (non-hydrogen) atoms. The topological polar surface area (TPSA) is 78.2 Å². The third-order valence-corrected chi connectivity index (χ3v) is 5.97. The van der Waals surface area contributed by atoms with Gasteiger partial charge < -0.3 is 24.7 Å². The van der Waals surface area contributed by atoms with Crippen molar-refractivity contribution in [3.63, 3.8) is 0 Å². The van der Waals surface area contributed by atoms with Crippen LogP contribution in [0.25, 0.3) is 0 Å². The van der Waals surface area contributed by atoms with E-state index in [2.05, 4.69) is 55.5 Å². The smallest absolute Gasteiger partial charge is 0.191 e. The monoisotopic (exact) mass is 554 g/mol. The molecule has 2 aliphatic rings. The first-order valence-electron chi connectivity index (χ1n) is 11.3. The molecule has 0 aliphatic carbocycles. The lowest BCUT2D eigenvalue weighted by Crippen LogP contribution is -2.42. The van der Waals surface area contributed by atoms with Crippen molar-refractivity contribution >= 4 is 35.8 Å². The minimum Gasteiger partial charge on any atom is -0.468 e. The van der Waals surface area contributed by atoms with Gasteiger partial charge in [0, 0.05) is 39.4 Å². The Hall–Kier alpha value is -1.85. The molecule has 4 heterocycles. The highest BCUT2D eigenvalue weighted by Crippen LogP contribution is 2.24. The Kier molecular flexibility index (Phi) is 9.61. The number of morpholine rings is 1. The lowest BCUT2D eigenvalue weighted by molar-refractivity contribution is 0.0529. The van der Waals surface area contributed by atoms with E-state index in [4.69, 9.17) is 9.15 Å². The second-order valence-corrected chi connectivity index (χ2v) is 8.23. The Labute approximate surface area is 207 Å². The Morgan fingerprint density at radius 1 is 1.22 bits per heavy atom. The van der Waals surface area contributed by atoms with E-state index >= 15 is 0 Å². The van der Waals surface area contributed by atoms with Gasteiger partial charge in [-0.1, -0.05) is 6.07 Å². The van der Waals surface area contributed by atoms with Crippen LogP contribution in [0.3, 0.4) is 0 Å². The van der Waals surface area contributed by atoms with E-state index in [1.165, 1.54) is 12.8 Å².